The molecule has 3 aromatic rings. The molecule has 12 heteroatoms. The van der Waals surface area contributed by atoms with Crippen LogP contribution in [0.4, 0.5) is 0 Å². The third-order valence-electron chi connectivity index (χ3n) is 5.46. The van der Waals surface area contributed by atoms with E-state index in [2.05, 4.69) is 4.99 Å². The zero-order valence-corrected chi connectivity index (χ0v) is 21.6. The van der Waals surface area contributed by atoms with Gasteiger partial charge in [0.25, 0.3) is 5.91 Å². The third kappa shape index (κ3) is 5.67. The molecule has 0 N–H and O–H groups in total. The molecule has 0 saturated carbocycles. The SMILES string of the molecule is CCOC(=O)Cn1c(=NC(=O)c2ccc(S(=O)(=O)N3CCOCC3)cc2)sc2cc(OCC)ccc21. The lowest BCUT2D eigenvalue weighted by Crippen LogP contribution is -2.40. The van der Waals surface area contributed by atoms with Gasteiger partial charge in [-0.1, -0.05) is 11.3 Å². The van der Waals surface area contributed by atoms with Gasteiger partial charge in [0, 0.05) is 18.7 Å². The highest BCUT2D eigenvalue weighted by Gasteiger charge is 2.26. The first-order valence-corrected chi connectivity index (χ1v) is 13.8. The van der Waals surface area contributed by atoms with Crippen LogP contribution in [0.1, 0.15) is 24.2 Å². The number of benzene rings is 2. The quantitative estimate of drug-likeness (QED) is 0.408. The molecular formula is C24H27N3O7S2. The average Bonchev–Trinajstić information content (AvgIpc) is 3.20. The molecule has 0 atom stereocenters. The van der Waals surface area contributed by atoms with Gasteiger partial charge >= 0.3 is 5.97 Å². The molecule has 4 rings (SSSR count). The van der Waals surface area contributed by atoms with Crippen LogP contribution < -0.4 is 9.54 Å². The molecule has 1 aliphatic heterocycles. The molecule has 1 fully saturated rings. The number of nitrogens with zero attached hydrogens (tertiary/aromatic N) is 3. The molecule has 192 valence electrons. The van der Waals surface area contributed by atoms with Gasteiger partial charge in [0.1, 0.15) is 12.3 Å². The van der Waals surface area contributed by atoms with Crippen LogP contribution in [-0.2, 0) is 30.8 Å². The van der Waals surface area contributed by atoms with Crippen LogP contribution >= 0.6 is 11.3 Å². The highest BCUT2D eigenvalue weighted by molar-refractivity contribution is 7.89. The number of thiazole rings is 1. The predicted octanol–water partition coefficient (Wildman–Crippen LogP) is 2.43. The van der Waals surface area contributed by atoms with E-state index in [1.54, 1.807) is 17.6 Å². The van der Waals surface area contributed by atoms with Crippen molar-refractivity contribution in [1.29, 1.82) is 0 Å². The number of ether oxygens (including phenoxy) is 3. The second-order valence-corrected chi connectivity index (χ2v) is 10.7. The molecule has 2 heterocycles. The molecule has 0 unspecified atom stereocenters. The smallest absolute Gasteiger partial charge is 0.326 e. The first kappa shape index (κ1) is 26.0. The molecule has 2 aromatic carbocycles. The summed E-state index contributed by atoms with van der Waals surface area (Å²) in [4.78, 5) is 29.9. The summed E-state index contributed by atoms with van der Waals surface area (Å²) in [5.41, 5.74) is 0.945. The first-order chi connectivity index (χ1) is 17.3. The van der Waals surface area contributed by atoms with E-state index < -0.39 is 21.9 Å². The van der Waals surface area contributed by atoms with Gasteiger partial charge < -0.3 is 18.8 Å². The molecule has 36 heavy (non-hydrogen) atoms. The topological polar surface area (TPSA) is 117 Å². The van der Waals surface area contributed by atoms with Crippen molar-refractivity contribution in [2.75, 3.05) is 39.5 Å². The zero-order valence-electron chi connectivity index (χ0n) is 20.0. The molecule has 0 spiro atoms. The normalized spacial score (nSPS) is 15.2. The Morgan fingerprint density at radius 3 is 2.44 bits per heavy atom. The Balaban J connectivity index is 1.66. The van der Waals surface area contributed by atoms with Crippen molar-refractivity contribution in [3.05, 3.63) is 52.8 Å². The van der Waals surface area contributed by atoms with Gasteiger partial charge in [0.15, 0.2) is 4.80 Å². The number of esters is 1. The van der Waals surface area contributed by atoms with Gasteiger partial charge in [-0.3, -0.25) is 9.59 Å². The number of aromatic nitrogens is 1. The minimum atomic E-state index is -3.67. The van der Waals surface area contributed by atoms with Crippen molar-refractivity contribution in [1.82, 2.24) is 8.87 Å². The largest absolute Gasteiger partial charge is 0.494 e. The number of sulfonamides is 1. The lowest BCUT2D eigenvalue weighted by molar-refractivity contribution is -0.143. The van der Waals surface area contributed by atoms with E-state index >= 15 is 0 Å². The lowest BCUT2D eigenvalue weighted by atomic mass is 10.2. The van der Waals surface area contributed by atoms with Gasteiger partial charge in [-0.15, -0.1) is 0 Å². The summed E-state index contributed by atoms with van der Waals surface area (Å²) >= 11 is 1.25. The average molecular weight is 534 g/mol. The minimum Gasteiger partial charge on any atom is -0.494 e. The van der Waals surface area contributed by atoms with E-state index in [9.17, 15) is 18.0 Å². The molecule has 0 radical (unpaired) electrons. The molecule has 1 saturated heterocycles. The van der Waals surface area contributed by atoms with Crippen molar-refractivity contribution < 1.29 is 32.2 Å². The van der Waals surface area contributed by atoms with Crippen molar-refractivity contribution >= 4 is 43.5 Å². The highest BCUT2D eigenvalue weighted by Crippen LogP contribution is 2.24. The number of carbonyl (C=O) groups excluding carboxylic acids is 2. The summed E-state index contributed by atoms with van der Waals surface area (Å²) in [6.45, 7) is 5.52. The standard InChI is InChI=1S/C24H27N3O7S2/c1-3-33-18-7-10-20-21(15-18)35-24(27(20)16-22(28)34-4-2)25-23(29)17-5-8-19(9-6-17)36(30,31)26-11-13-32-14-12-26/h5-10,15H,3-4,11-14,16H2,1-2H3. The Bertz CT molecular complexity index is 1420. The first-order valence-electron chi connectivity index (χ1n) is 11.5. The second kappa shape index (κ2) is 11.3. The Kier molecular flexibility index (Phi) is 8.19. The highest BCUT2D eigenvalue weighted by atomic mass is 32.2. The van der Waals surface area contributed by atoms with Crippen LogP contribution in [0.5, 0.6) is 5.75 Å². The summed E-state index contributed by atoms with van der Waals surface area (Å²) in [6, 6.07) is 11.1. The van der Waals surface area contributed by atoms with Crippen LogP contribution in [0.15, 0.2) is 52.4 Å². The van der Waals surface area contributed by atoms with E-state index in [0.717, 1.165) is 10.2 Å². The van der Waals surface area contributed by atoms with Gasteiger partial charge in [-0.05, 0) is 56.3 Å². The van der Waals surface area contributed by atoms with E-state index in [1.165, 1.54) is 39.9 Å². The fourth-order valence-electron chi connectivity index (χ4n) is 3.74. The number of rotatable bonds is 8. The number of hydrogen-bond acceptors (Lipinski definition) is 8. The van der Waals surface area contributed by atoms with Crippen molar-refractivity contribution in [2.24, 2.45) is 4.99 Å². The lowest BCUT2D eigenvalue weighted by Gasteiger charge is -2.26. The van der Waals surface area contributed by atoms with Crippen molar-refractivity contribution in [3.63, 3.8) is 0 Å². The van der Waals surface area contributed by atoms with Gasteiger partial charge in [-0.2, -0.15) is 9.30 Å². The number of fused-ring (bicyclic) bond motifs is 1. The van der Waals surface area contributed by atoms with Crippen LogP contribution in [0.3, 0.4) is 0 Å². The zero-order chi connectivity index (χ0) is 25.7. The van der Waals surface area contributed by atoms with Gasteiger partial charge in [-0.25, -0.2) is 8.42 Å². The third-order valence-corrected chi connectivity index (χ3v) is 8.42. The molecule has 1 aliphatic rings. The van der Waals surface area contributed by atoms with Crippen LogP contribution in [0, 0.1) is 0 Å². The van der Waals surface area contributed by atoms with Gasteiger partial charge in [0.05, 0.1) is 41.5 Å². The van der Waals surface area contributed by atoms with E-state index in [0.29, 0.717) is 30.4 Å². The molecule has 1 aromatic heterocycles. The van der Waals surface area contributed by atoms with Crippen LogP contribution in [0.25, 0.3) is 10.2 Å². The van der Waals surface area contributed by atoms with Crippen LogP contribution in [-0.4, -0.2) is 68.7 Å². The Morgan fingerprint density at radius 1 is 1.06 bits per heavy atom. The monoisotopic (exact) mass is 533 g/mol. The summed E-state index contributed by atoms with van der Waals surface area (Å²) in [5.74, 6) is -0.332. The summed E-state index contributed by atoms with van der Waals surface area (Å²) in [6.07, 6.45) is 0. The molecule has 10 nitrogen and oxygen atoms in total. The second-order valence-electron chi connectivity index (χ2n) is 7.80. The number of carbonyl (C=O) groups is 2. The molecule has 1 amide bonds. The number of hydrogen-bond donors (Lipinski definition) is 0. The predicted molar refractivity (Wildman–Crippen MR) is 134 cm³/mol. The summed E-state index contributed by atoms with van der Waals surface area (Å²) in [5, 5.41) is 0. The fourth-order valence-corrected chi connectivity index (χ4v) is 6.20. The summed E-state index contributed by atoms with van der Waals surface area (Å²) < 4.78 is 45.3. The maximum Gasteiger partial charge on any atom is 0.326 e. The maximum absolute atomic E-state index is 13.0. The molecule has 0 aliphatic carbocycles. The van der Waals surface area contributed by atoms with Crippen molar-refractivity contribution in [3.8, 4) is 5.75 Å². The molecule has 0 bridgehead atoms. The Labute approximate surface area is 212 Å². The van der Waals surface area contributed by atoms with Gasteiger partial charge in [0.2, 0.25) is 10.0 Å². The van der Waals surface area contributed by atoms with E-state index in [-0.39, 0.29) is 36.7 Å². The van der Waals surface area contributed by atoms with E-state index in [1.807, 2.05) is 19.1 Å². The fraction of sp³-hybridized carbons (Fsp3) is 0.375. The number of morpholine rings is 1. The molecular weight excluding hydrogens is 506 g/mol. The maximum atomic E-state index is 13.0. The number of amides is 1. The Morgan fingerprint density at radius 2 is 1.78 bits per heavy atom. The Hall–Kier alpha value is -3.06. The van der Waals surface area contributed by atoms with E-state index in [4.69, 9.17) is 14.2 Å². The van der Waals surface area contributed by atoms with Crippen molar-refractivity contribution in [2.45, 2.75) is 25.3 Å². The summed E-state index contributed by atoms with van der Waals surface area (Å²) in [7, 11) is -3.67. The van der Waals surface area contributed by atoms with Crippen LogP contribution in [0.2, 0.25) is 0 Å². The minimum absolute atomic E-state index is 0.101.